The predicted octanol–water partition coefficient (Wildman–Crippen LogP) is 2.27. The number of likely N-dealkylation sites (tertiary alicyclic amines) is 1. The zero-order chi connectivity index (χ0) is 15.5. The van der Waals surface area contributed by atoms with Gasteiger partial charge in [0.05, 0.1) is 18.7 Å². The average molecular weight is 319 g/mol. The zero-order valence-corrected chi connectivity index (χ0v) is 13.6. The molecule has 0 atom stereocenters. The number of thiophene rings is 1. The molecule has 0 unspecified atom stereocenters. The first-order valence-electron chi connectivity index (χ1n) is 7.65. The van der Waals surface area contributed by atoms with Gasteiger partial charge in [-0.15, -0.1) is 0 Å². The minimum atomic E-state index is 0.101. The number of aliphatic hydroxyl groups is 1. The van der Waals surface area contributed by atoms with Gasteiger partial charge in [-0.2, -0.15) is 16.4 Å². The molecular formula is C16H21N3O2S. The molecule has 0 bridgehead atoms. The Kier molecular flexibility index (Phi) is 4.59. The second-order valence-electron chi connectivity index (χ2n) is 5.74. The highest BCUT2D eigenvalue weighted by molar-refractivity contribution is 7.08. The van der Waals surface area contributed by atoms with Gasteiger partial charge in [0.1, 0.15) is 0 Å². The maximum Gasteiger partial charge on any atom is 0.254 e. The highest BCUT2D eigenvalue weighted by atomic mass is 32.1. The molecule has 5 nitrogen and oxygen atoms in total. The van der Waals surface area contributed by atoms with Crippen LogP contribution in [0.2, 0.25) is 0 Å². The lowest BCUT2D eigenvalue weighted by molar-refractivity contribution is 0.0711. The van der Waals surface area contributed by atoms with Crippen LogP contribution in [0.5, 0.6) is 0 Å². The molecule has 118 valence electrons. The summed E-state index contributed by atoms with van der Waals surface area (Å²) in [5, 5.41) is 17.3. The second-order valence-corrected chi connectivity index (χ2v) is 6.48. The Morgan fingerprint density at radius 1 is 1.41 bits per heavy atom. The Balaban J connectivity index is 1.64. The van der Waals surface area contributed by atoms with Gasteiger partial charge < -0.3 is 10.0 Å². The first kappa shape index (κ1) is 15.2. The highest BCUT2D eigenvalue weighted by Gasteiger charge is 2.27. The molecule has 0 radical (unpaired) electrons. The number of carbonyl (C=O) groups is 1. The molecule has 1 aliphatic heterocycles. The summed E-state index contributed by atoms with van der Waals surface area (Å²) in [5.74, 6) is 0.572. The number of carbonyl (C=O) groups excluding carboxylic acids is 1. The maximum atomic E-state index is 12.5. The molecule has 1 saturated heterocycles. The molecule has 3 rings (SSSR count). The molecule has 0 spiro atoms. The van der Waals surface area contributed by atoms with Crippen molar-refractivity contribution < 1.29 is 9.90 Å². The fourth-order valence-electron chi connectivity index (χ4n) is 3.10. The van der Waals surface area contributed by atoms with E-state index in [1.807, 2.05) is 33.3 Å². The van der Waals surface area contributed by atoms with E-state index in [0.717, 1.165) is 37.1 Å². The number of aryl methyl sites for hydroxylation is 1. The summed E-state index contributed by atoms with van der Waals surface area (Å²) in [6.45, 7) is 4.19. The molecule has 1 fully saturated rings. The summed E-state index contributed by atoms with van der Waals surface area (Å²) in [7, 11) is 0. The fraction of sp³-hybridized carbons (Fsp3) is 0.500. The summed E-state index contributed by atoms with van der Waals surface area (Å²) in [6.07, 6.45) is 3.69. The van der Waals surface area contributed by atoms with Gasteiger partial charge in [0.25, 0.3) is 5.91 Å². The van der Waals surface area contributed by atoms with Crippen LogP contribution in [0.4, 0.5) is 0 Å². The summed E-state index contributed by atoms with van der Waals surface area (Å²) < 4.78 is 1.88. The predicted molar refractivity (Wildman–Crippen MR) is 86.2 cm³/mol. The number of hydrogen-bond acceptors (Lipinski definition) is 4. The Labute approximate surface area is 134 Å². The smallest absolute Gasteiger partial charge is 0.254 e. The normalized spacial score (nSPS) is 16.2. The average Bonchev–Trinajstić information content (AvgIpc) is 3.16. The molecule has 6 heteroatoms. The van der Waals surface area contributed by atoms with Gasteiger partial charge in [0.15, 0.2) is 0 Å². The summed E-state index contributed by atoms with van der Waals surface area (Å²) in [6, 6.07) is 2.03. The number of aliphatic hydroxyl groups excluding tert-OH is 1. The van der Waals surface area contributed by atoms with Gasteiger partial charge in [0, 0.05) is 36.3 Å². The lowest BCUT2D eigenvalue weighted by Gasteiger charge is -2.32. The van der Waals surface area contributed by atoms with Crippen LogP contribution in [0, 0.1) is 6.92 Å². The van der Waals surface area contributed by atoms with Gasteiger partial charge in [-0.05, 0) is 36.8 Å². The van der Waals surface area contributed by atoms with E-state index < -0.39 is 0 Å². The number of hydrogen-bond donors (Lipinski definition) is 1. The van der Waals surface area contributed by atoms with Gasteiger partial charge in [-0.3, -0.25) is 9.48 Å². The molecule has 2 aromatic rings. The minimum absolute atomic E-state index is 0.101. The monoisotopic (exact) mass is 319 g/mol. The lowest BCUT2D eigenvalue weighted by Crippen LogP contribution is -2.38. The molecular weight excluding hydrogens is 298 g/mol. The molecule has 3 heterocycles. The maximum absolute atomic E-state index is 12.5. The van der Waals surface area contributed by atoms with Crippen molar-refractivity contribution in [1.82, 2.24) is 14.7 Å². The van der Waals surface area contributed by atoms with Crippen molar-refractivity contribution in [3.63, 3.8) is 0 Å². The van der Waals surface area contributed by atoms with Crippen molar-refractivity contribution in [2.75, 3.05) is 19.7 Å². The van der Waals surface area contributed by atoms with Crippen molar-refractivity contribution in [2.45, 2.75) is 32.2 Å². The third-order valence-corrected chi connectivity index (χ3v) is 5.21. The number of nitrogens with zero attached hydrogens (tertiary/aromatic N) is 3. The quantitative estimate of drug-likeness (QED) is 0.940. The Morgan fingerprint density at radius 2 is 2.18 bits per heavy atom. The number of piperidine rings is 1. The van der Waals surface area contributed by atoms with Crippen LogP contribution in [-0.2, 0) is 6.54 Å². The Morgan fingerprint density at radius 3 is 2.82 bits per heavy atom. The van der Waals surface area contributed by atoms with E-state index in [1.165, 1.54) is 5.69 Å². The van der Waals surface area contributed by atoms with Gasteiger partial charge in [0.2, 0.25) is 0 Å². The van der Waals surface area contributed by atoms with E-state index in [2.05, 4.69) is 5.10 Å². The second kappa shape index (κ2) is 6.62. The van der Waals surface area contributed by atoms with Crippen LogP contribution < -0.4 is 0 Å². The molecule has 0 saturated carbocycles. The Hall–Kier alpha value is -1.66. The number of aromatic nitrogens is 2. The van der Waals surface area contributed by atoms with Crippen molar-refractivity contribution in [1.29, 1.82) is 0 Å². The summed E-state index contributed by atoms with van der Waals surface area (Å²) in [5.41, 5.74) is 3.08. The van der Waals surface area contributed by atoms with E-state index in [0.29, 0.717) is 12.5 Å². The van der Waals surface area contributed by atoms with Crippen molar-refractivity contribution >= 4 is 17.2 Å². The molecule has 22 heavy (non-hydrogen) atoms. The lowest BCUT2D eigenvalue weighted by atomic mass is 9.93. The molecule has 0 aromatic carbocycles. The van der Waals surface area contributed by atoms with E-state index in [-0.39, 0.29) is 12.5 Å². The van der Waals surface area contributed by atoms with E-state index >= 15 is 0 Å². The summed E-state index contributed by atoms with van der Waals surface area (Å²) >= 11 is 1.58. The summed E-state index contributed by atoms with van der Waals surface area (Å²) in [4.78, 5) is 14.5. The molecule has 1 amide bonds. The van der Waals surface area contributed by atoms with E-state index in [9.17, 15) is 4.79 Å². The third kappa shape index (κ3) is 2.94. The third-order valence-electron chi connectivity index (χ3n) is 4.35. The van der Waals surface area contributed by atoms with E-state index in [4.69, 9.17) is 5.11 Å². The van der Waals surface area contributed by atoms with Crippen LogP contribution in [0.15, 0.2) is 23.0 Å². The number of amides is 1. The zero-order valence-electron chi connectivity index (χ0n) is 12.7. The number of rotatable bonds is 4. The minimum Gasteiger partial charge on any atom is -0.394 e. The van der Waals surface area contributed by atoms with Gasteiger partial charge in [-0.25, -0.2) is 0 Å². The van der Waals surface area contributed by atoms with Crippen LogP contribution in [0.25, 0.3) is 0 Å². The Bertz CT molecular complexity index is 641. The van der Waals surface area contributed by atoms with Crippen molar-refractivity contribution in [3.8, 4) is 0 Å². The van der Waals surface area contributed by atoms with Crippen molar-refractivity contribution in [2.24, 2.45) is 0 Å². The topological polar surface area (TPSA) is 58.4 Å². The SMILES string of the molecule is Cc1cscc1C(=O)N1CCC(c2ccnn2CCO)CC1. The van der Waals surface area contributed by atoms with E-state index in [1.54, 1.807) is 17.5 Å². The molecule has 2 aromatic heterocycles. The molecule has 1 N–H and O–H groups in total. The van der Waals surface area contributed by atoms with Gasteiger partial charge in [-0.1, -0.05) is 0 Å². The fourth-order valence-corrected chi connectivity index (χ4v) is 3.92. The highest BCUT2D eigenvalue weighted by Crippen LogP contribution is 2.29. The standard InChI is InChI=1S/C16H21N3O2S/c1-12-10-22-11-14(12)16(21)18-6-3-13(4-7-18)15-2-5-17-19(15)8-9-20/h2,5,10-11,13,20H,3-4,6-9H2,1H3. The first-order chi connectivity index (χ1) is 10.7. The van der Waals surface area contributed by atoms with Crippen LogP contribution in [-0.4, -0.2) is 45.4 Å². The molecule has 0 aliphatic carbocycles. The van der Waals surface area contributed by atoms with Crippen molar-refractivity contribution in [3.05, 3.63) is 39.8 Å². The molecule has 1 aliphatic rings. The largest absolute Gasteiger partial charge is 0.394 e. The van der Waals surface area contributed by atoms with Gasteiger partial charge >= 0.3 is 0 Å². The van der Waals surface area contributed by atoms with Crippen LogP contribution in [0.3, 0.4) is 0 Å². The van der Waals surface area contributed by atoms with Crippen LogP contribution in [0.1, 0.15) is 40.4 Å². The van der Waals surface area contributed by atoms with Crippen LogP contribution >= 0.6 is 11.3 Å². The first-order valence-corrected chi connectivity index (χ1v) is 8.59.